The zero-order chi connectivity index (χ0) is 9.97. The predicted molar refractivity (Wildman–Crippen MR) is 60.0 cm³/mol. The van der Waals surface area contributed by atoms with Crippen LogP contribution in [0.1, 0.15) is 5.56 Å². The van der Waals surface area contributed by atoms with Crippen LogP contribution in [-0.2, 0) is 0 Å². The first-order valence-electron chi connectivity index (χ1n) is 3.90. The van der Waals surface area contributed by atoms with Crippen LogP contribution in [0, 0.1) is 11.3 Å². The van der Waals surface area contributed by atoms with Crippen LogP contribution < -0.4 is 0 Å². The zero-order valence-electron chi connectivity index (χ0n) is 7.07. The van der Waals surface area contributed by atoms with Crippen molar-refractivity contribution < 1.29 is 0 Å². The highest BCUT2D eigenvalue weighted by Gasteiger charge is 2.01. The fourth-order valence-electron chi connectivity index (χ4n) is 1.08. The SMILES string of the molecule is N#Cc1ccc(-c2csc(Br)c2)nc1. The van der Waals surface area contributed by atoms with Crippen LogP contribution >= 0.6 is 27.3 Å². The summed E-state index contributed by atoms with van der Waals surface area (Å²) >= 11 is 5.02. The number of hydrogen-bond donors (Lipinski definition) is 0. The quantitative estimate of drug-likeness (QED) is 0.791. The first-order valence-corrected chi connectivity index (χ1v) is 5.57. The van der Waals surface area contributed by atoms with E-state index in [-0.39, 0.29) is 0 Å². The van der Waals surface area contributed by atoms with E-state index in [0.717, 1.165) is 15.0 Å². The van der Waals surface area contributed by atoms with Gasteiger partial charge in [-0.3, -0.25) is 4.98 Å². The number of pyridine rings is 1. The van der Waals surface area contributed by atoms with Crippen molar-refractivity contribution in [2.24, 2.45) is 0 Å². The fraction of sp³-hybridized carbons (Fsp3) is 0. The summed E-state index contributed by atoms with van der Waals surface area (Å²) in [5.74, 6) is 0. The van der Waals surface area contributed by atoms with Gasteiger partial charge >= 0.3 is 0 Å². The summed E-state index contributed by atoms with van der Waals surface area (Å²) in [4.78, 5) is 4.20. The van der Waals surface area contributed by atoms with Crippen LogP contribution in [0.4, 0.5) is 0 Å². The molecule has 68 valence electrons. The van der Waals surface area contributed by atoms with Gasteiger partial charge in [-0.2, -0.15) is 5.26 Å². The Bertz CT molecular complexity index is 482. The zero-order valence-corrected chi connectivity index (χ0v) is 9.47. The largest absolute Gasteiger partial charge is 0.255 e. The van der Waals surface area contributed by atoms with Gasteiger partial charge in [0.1, 0.15) is 6.07 Å². The average molecular weight is 265 g/mol. The molecule has 2 heterocycles. The van der Waals surface area contributed by atoms with Gasteiger partial charge in [-0.25, -0.2) is 0 Å². The summed E-state index contributed by atoms with van der Waals surface area (Å²) < 4.78 is 1.08. The molecule has 2 aromatic rings. The maximum Gasteiger partial charge on any atom is 0.101 e. The van der Waals surface area contributed by atoms with Crippen molar-refractivity contribution in [3.8, 4) is 17.3 Å². The lowest BCUT2D eigenvalue weighted by atomic mass is 10.2. The monoisotopic (exact) mass is 264 g/mol. The van der Waals surface area contributed by atoms with Gasteiger partial charge in [0.2, 0.25) is 0 Å². The molecule has 0 N–H and O–H groups in total. The summed E-state index contributed by atoms with van der Waals surface area (Å²) in [6, 6.07) is 7.68. The smallest absolute Gasteiger partial charge is 0.101 e. The summed E-state index contributed by atoms with van der Waals surface area (Å²) in [5.41, 5.74) is 2.56. The molecule has 0 fully saturated rings. The molecule has 0 bridgehead atoms. The Labute approximate surface area is 94.0 Å². The first-order chi connectivity index (χ1) is 6.79. The number of nitrogens with zero attached hydrogens (tertiary/aromatic N) is 2. The van der Waals surface area contributed by atoms with Crippen molar-refractivity contribution in [1.29, 1.82) is 5.26 Å². The van der Waals surface area contributed by atoms with E-state index in [9.17, 15) is 0 Å². The predicted octanol–water partition coefficient (Wildman–Crippen LogP) is 3.44. The van der Waals surface area contributed by atoms with Crippen molar-refractivity contribution in [2.45, 2.75) is 0 Å². The third-order valence-electron chi connectivity index (χ3n) is 1.76. The third kappa shape index (κ3) is 1.84. The number of halogens is 1. The molecular weight excluding hydrogens is 260 g/mol. The minimum atomic E-state index is 0.586. The summed E-state index contributed by atoms with van der Waals surface area (Å²) in [7, 11) is 0. The van der Waals surface area contributed by atoms with Crippen LogP contribution in [0.25, 0.3) is 11.3 Å². The maximum absolute atomic E-state index is 8.61. The Hall–Kier alpha value is -1.18. The highest BCUT2D eigenvalue weighted by Crippen LogP contribution is 2.27. The van der Waals surface area contributed by atoms with Crippen molar-refractivity contribution in [2.75, 3.05) is 0 Å². The van der Waals surface area contributed by atoms with Gasteiger partial charge in [-0.15, -0.1) is 11.3 Å². The van der Waals surface area contributed by atoms with E-state index < -0.39 is 0 Å². The minimum Gasteiger partial charge on any atom is -0.255 e. The van der Waals surface area contributed by atoms with E-state index in [1.54, 1.807) is 23.6 Å². The molecule has 2 nitrogen and oxygen atoms in total. The second-order valence-electron chi connectivity index (χ2n) is 2.68. The molecule has 0 saturated heterocycles. The molecule has 0 radical (unpaired) electrons. The molecule has 0 aliphatic carbocycles. The lowest BCUT2D eigenvalue weighted by Gasteiger charge is -1.95. The molecule has 14 heavy (non-hydrogen) atoms. The Balaban J connectivity index is 2.39. The molecule has 0 unspecified atom stereocenters. The molecule has 0 aliphatic rings. The van der Waals surface area contributed by atoms with Crippen molar-refractivity contribution >= 4 is 27.3 Å². The van der Waals surface area contributed by atoms with Gasteiger partial charge in [-0.1, -0.05) is 0 Å². The minimum absolute atomic E-state index is 0.586. The number of thiophene rings is 1. The van der Waals surface area contributed by atoms with E-state index in [1.807, 2.05) is 23.6 Å². The van der Waals surface area contributed by atoms with Crippen molar-refractivity contribution in [1.82, 2.24) is 4.98 Å². The molecule has 0 aromatic carbocycles. The Morgan fingerprint density at radius 3 is 2.79 bits per heavy atom. The summed E-state index contributed by atoms with van der Waals surface area (Å²) in [6.07, 6.45) is 1.58. The Morgan fingerprint density at radius 2 is 2.29 bits per heavy atom. The lowest BCUT2D eigenvalue weighted by molar-refractivity contribution is 1.30. The highest BCUT2D eigenvalue weighted by molar-refractivity contribution is 9.11. The number of aromatic nitrogens is 1. The van der Waals surface area contributed by atoms with Crippen molar-refractivity contribution in [3.05, 3.63) is 39.1 Å². The van der Waals surface area contributed by atoms with Crippen LogP contribution in [0.5, 0.6) is 0 Å². The lowest BCUT2D eigenvalue weighted by Crippen LogP contribution is -1.81. The van der Waals surface area contributed by atoms with Crippen LogP contribution in [0.15, 0.2) is 33.6 Å². The molecular formula is C10H5BrN2S. The molecule has 2 rings (SSSR count). The second-order valence-corrected chi connectivity index (χ2v) is 4.97. The molecule has 0 amide bonds. The third-order valence-corrected chi connectivity index (χ3v) is 3.26. The van der Waals surface area contributed by atoms with Gasteiger partial charge in [-0.05, 0) is 34.1 Å². The molecule has 0 saturated carbocycles. The Morgan fingerprint density at radius 1 is 1.43 bits per heavy atom. The summed E-state index contributed by atoms with van der Waals surface area (Å²) in [5, 5.41) is 10.6. The average Bonchev–Trinajstić information content (AvgIpc) is 2.65. The number of rotatable bonds is 1. The molecule has 0 spiro atoms. The normalized spacial score (nSPS) is 9.71. The molecule has 2 aromatic heterocycles. The second kappa shape index (κ2) is 3.91. The van der Waals surface area contributed by atoms with Gasteiger partial charge in [0.15, 0.2) is 0 Å². The fourth-order valence-corrected chi connectivity index (χ4v) is 2.23. The van der Waals surface area contributed by atoms with Crippen LogP contribution in [0.3, 0.4) is 0 Å². The van der Waals surface area contributed by atoms with Gasteiger partial charge in [0.25, 0.3) is 0 Å². The standard InChI is InChI=1S/C10H5BrN2S/c11-10-3-8(6-14-10)9-2-1-7(4-12)5-13-9/h1-3,5-6H. The molecule has 0 atom stereocenters. The van der Waals surface area contributed by atoms with E-state index in [2.05, 4.69) is 20.9 Å². The van der Waals surface area contributed by atoms with E-state index in [4.69, 9.17) is 5.26 Å². The highest BCUT2D eigenvalue weighted by atomic mass is 79.9. The topological polar surface area (TPSA) is 36.7 Å². The number of hydrogen-bond acceptors (Lipinski definition) is 3. The van der Waals surface area contributed by atoms with E-state index in [1.165, 1.54) is 0 Å². The molecule has 0 aliphatic heterocycles. The van der Waals surface area contributed by atoms with Crippen LogP contribution in [0.2, 0.25) is 0 Å². The van der Waals surface area contributed by atoms with Crippen molar-refractivity contribution in [3.63, 3.8) is 0 Å². The Kier molecular flexibility index (Phi) is 2.62. The van der Waals surface area contributed by atoms with Gasteiger partial charge in [0, 0.05) is 17.1 Å². The summed E-state index contributed by atoms with van der Waals surface area (Å²) in [6.45, 7) is 0. The van der Waals surface area contributed by atoms with E-state index in [0.29, 0.717) is 5.56 Å². The van der Waals surface area contributed by atoms with Crippen LogP contribution in [-0.4, -0.2) is 4.98 Å². The first kappa shape index (κ1) is 9.38. The van der Waals surface area contributed by atoms with Gasteiger partial charge < -0.3 is 0 Å². The number of nitriles is 1. The van der Waals surface area contributed by atoms with Gasteiger partial charge in [0.05, 0.1) is 15.0 Å². The van der Waals surface area contributed by atoms with E-state index >= 15 is 0 Å². The molecule has 4 heteroatoms. The maximum atomic E-state index is 8.61.